The third-order valence-corrected chi connectivity index (χ3v) is 5.62. The third kappa shape index (κ3) is 5.94. The van der Waals surface area contributed by atoms with Crippen molar-refractivity contribution in [2.24, 2.45) is 0 Å². The molecule has 0 bridgehead atoms. The van der Waals surface area contributed by atoms with Crippen molar-refractivity contribution < 1.29 is 14.6 Å². The van der Waals surface area contributed by atoms with E-state index in [1.54, 1.807) is 0 Å². The van der Waals surface area contributed by atoms with Gasteiger partial charge in [0.25, 0.3) is 0 Å². The molecule has 4 nitrogen and oxygen atoms in total. The highest BCUT2D eigenvalue weighted by atomic mass is 79.9. The number of hydrogen-bond donors (Lipinski definition) is 1. The van der Waals surface area contributed by atoms with Gasteiger partial charge in [-0.05, 0) is 50.1 Å². The molecule has 28 heavy (non-hydrogen) atoms. The zero-order chi connectivity index (χ0) is 19.4. The Bertz CT molecular complexity index is 756. The number of β-amino-alcohol motifs (C(OH)–C–C–N with tert-alkyl or cyclic N) is 1. The molecule has 0 aliphatic carbocycles. The van der Waals surface area contributed by atoms with Gasteiger partial charge in [-0.3, -0.25) is 4.90 Å². The van der Waals surface area contributed by atoms with E-state index in [1.807, 2.05) is 31.2 Å². The number of aryl methyl sites for hydroxylation is 2. The Morgan fingerprint density at radius 1 is 1.21 bits per heavy atom. The van der Waals surface area contributed by atoms with E-state index in [-0.39, 0.29) is 31.2 Å². The second-order valence-electron chi connectivity index (χ2n) is 7.31. The number of ether oxygens (including phenoxy) is 2. The lowest BCUT2D eigenvalue weighted by molar-refractivity contribution is -0.0804. The van der Waals surface area contributed by atoms with E-state index in [4.69, 9.17) is 9.47 Å². The largest absolute Gasteiger partial charge is 0.491 e. The Balaban J connectivity index is 0.00000280. The Morgan fingerprint density at radius 2 is 1.93 bits per heavy atom. The summed E-state index contributed by atoms with van der Waals surface area (Å²) in [5.74, 6) is 0.836. The summed E-state index contributed by atoms with van der Waals surface area (Å²) in [6, 6.07) is 14.5. The first-order valence-corrected chi connectivity index (χ1v) is 10.2. The first-order chi connectivity index (χ1) is 12.9. The number of rotatable bonds is 6. The summed E-state index contributed by atoms with van der Waals surface area (Å²) in [6.45, 7) is 8.59. The fraction of sp³-hybridized carbons (Fsp3) is 0.455. The highest BCUT2D eigenvalue weighted by molar-refractivity contribution is 9.10. The van der Waals surface area contributed by atoms with Crippen molar-refractivity contribution in [3.63, 3.8) is 0 Å². The third-order valence-electron chi connectivity index (χ3n) is 5.10. The SMILES string of the molecule is Cc1ccc(OCC(O)CN2CCOC(c3ccc(Br)cc3)C2C)c(C)c1.Cl. The van der Waals surface area contributed by atoms with Gasteiger partial charge < -0.3 is 14.6 Å². The summed E-state index contributed by atoms with van der Waals surface area (Å²) in [5.41, 5.74) is 3.47. The van der Waals surface area contributed by atoms with Gasteiger partial charge in [-0.15, -0.1) is 12.4 Å². The molecule has 0 amide bonds. The zero-order valence-corrected chi connectivity index (χ0v) is 19.0. The number of nitrogens with zero attached hydrogens (tertiary/aromatic N) is 1. The maximum Gasteiger partial charge on any atom is 0.122 e. The number of aliphatic hydroxyl groups is 1. The summed E-state index contributed by atoms with van der Waals surface area (Å²) >= 11 is 3.48. The van der Waals surface area contributed by atoms with Gasteiger partial charge >= 0.3 is 0 Å². The topological polar surface area (TPSA) is 41.9 Å². The van der Waals surface area contributed by atoms with Gasteiger partial charge in [0, 0.05) is 23.6 Å². The van der Waals surface area contributed by atoms with Crippen LogP contribution < -0.4 is 4.74 Å². The van der Waals surface area contributed by atoms with Gasteiger partial charge in [-0.1, -0.05) is 45.8 Å². The van der Waals surface area contributed by atoms with E-state index in [0.29, 0.717) is 13.2 Å². The van der Waals surface area contributed by atoms with Crippen LogP contribution in [0.25, 0.3) is 0 Å². The molecule has 2 aromatic carbocycles. The molecular formula is C22H29BrClNO3. The van der Waals surface area contributed by atoms with E-state index < -0.39 is 6.10 Å². The molecule has 6 heteroatoms. The molecular weight excluding hydrogens is 442 g/mol. The summed E-state index contributed by atoms with van der Waals surface area (Å²) in [6.07, 6.45) is -0.531. The van der Waals surface area contributed by atoms with E-state index >= 15 is 0 Å². The van der Waals surface area contributed by atoms with Gasteiger partial charge in [-0.2, -0.15) is 0 Å². The monoisotopic (exact) mass is 469 g/mol. The highest BCUT2D eigenvalue weighted by Crippen LogP contribution is 2.29. The smallest absolute Gasteiger partial charge is 0.122 e. The number of morpholine rings is 1. The summed E-state index contributed by atoms with van der Waals surface area (Å²) in [7, 11) is 0. The van der Waals surface area contributed by atoms with Crippen molar-refractivity contribution in [2.75, 3.05) is 26.3 Å². The molecule has 3 atom stereocenters. The zero-order valence-electron chi connectivity index (χ0n) is 16.6. The first kappa shape index (κ1) is 23.2. The van der Waals surface area contributed by atoms with Crippen molar-refractivity contribution in [1.29, 1.82) is 0 Å². The van der Waals surface area contributed by atoms with E-state index in [2.05, 4.69) is 52.9 Å². The van der Waals surface area contributed by atoms with Crippen LogP contribution in [0.4, 0.5) is 0 Å². The van der Waals surface area contributed by atoms with Crippen molar-refractivity contribution in [1.82, 2.24) is 4.90 Å². The van der Waals surface area contributed by atoms with Crippen LogP contribution in [-0.2, 0) is 4.74 Å². The minimum absolute atomic E-state index is 0. The van der Waals surface area contributed by atoms with Crippen LogP contribution in [-0.4, -0.2) is 48.5 Å². The summed E-state index contributed by atoms with van der Waals surface area (Å²) < 4.78 is 12.9. The van der Waals surface area contributed by atoms with Gasteiger partial charge in [0.15, 0.2) is 0 Å². The van der Waals surface area contributed by atoms with Crippen molar-refractivity contribution in [3.05, 3.63) is 63.6 Å². The molecule has 0 aromatic heterocycles. The van der Waals surface area contributed by atoms with Crippen molar-refractivity contribution in [2.45, 2.75) is 39.0 Å². The van der Waals surface area contributed by atoms with Crippen molar-refractivity contribution in [3.8, 4) is 5.75 Å². The van der Waals surface area contributed by atoms with Gasteiger partial charge in [0.05, 0.1) is 12.7 Å². The lowest BCUT2D eigenvalue weighted by Gasteiger charge is -2.40. The second kappa shape index (κ2) is 10.6. The van der Waals surface area contributed by atoms with Crippen LogP contribution >= 0.6 is 28.3 Å². The van der Waals surface area contributed by atoms with Crippen LogP contribution in [0, 0.1) is 13.8 Å². The molecule has 1 heterocycles. The maximum atomic E-state index is 10.5. The molecule has 2 aromatic rings. The standard InChI is InChI=1S/C22H28BrNO3.ClH/c1-15-4-9-21(16(2)12-15)27-14-20(25)13-24-10-11-26-22(17(24)3)18-5-7-19(23)8-6-18;/h4-9,12,17,20,22,25H,10-11,13-14H2,1-3H3;1H. The Hall–Kier alpha value is -1.11. The van der Waals surface area contributed by atoms with Gasteiger partial charge in [0.1, 0.15) is 18.5 Å². The lowest BCUT2D eigenvalue weighted by atomic mass is 10.0. The average molecular weight is 471 g/mol. The molecule has 1 aliphatic rings. The van der Waals surface area contributed by atoms with Crippen LogP contribution in [0.2, 0.25) is 0 Å². The minimum Gasteiger partial charge on any atom is -0.491 e. The Morgan fingerprint density at radius 3 is 2.61 bits per heavy atom. The molecule has 0 spiro atoms. The first-order valence-electron chi connectivity index (χ1n) is 9.43. The minimum atomic E-state index is -0.545. The van der Waals surface area contributed by atoms with Crippen LogP contribution in [0.1, 0.15) is 29.7 Å². The van der Waals surface area contributed by atoms with Gasteiger partial charge in [-0.25, -0.2) is 0 Å². The van der Waals surface area contributed by atoms with E-state index in [0.717, 1.165) is 27.9 Å². The molecule has 0 radical (unpaired) electrons. The predicted octanol–water partition coefficient (Wildman–Crippen LogP) is 4.69. The second-order valence-corrected chi connectivity index (χ2v) is 8.23. The summed E-state index contributed by atoms with van der Waals surface area (Å²) in [5, 5.41) is 10.5. The normalized spacial score (nSPS) is 21.0. The average Bonchev–Trinajstić information content (AvgIpc) is 2.64. The van der Waals surface area contributed by atoms with Crippen LogP contribution in [0.15, 0.2) is 46.9 Å². The quantitative estimate of drug-likeness (QED) is 0.665. The molecule has 3 rings (SSSR count). The molecule has 0 saturated carbocycles. The number of aliphatic hydroxyl groups excluding tert-OH is 1. The number of hydrogen-bond acceptors (Lipinski definition) is 4. The summed E-state index contributed by atoms with van der Waals surface area (Å²) in [4.78, 5) is 2.28. The molecule has 1 N–H and O–H groups in total. The highest BCUT2D eigenvalue weighted by Gasteiger charge is 2.31. The molecule has 3 unspecified atom stereocenters. The molecule has 1 aliphatic heterocycles. The van der Waals surface area contributed by atoms with Gasteiger partial charge in [0.2, 0.25) is 0 Å². The lowest BCUT2D eigenvalue weighted by Crippen LogP contribution is -2.49. The molecule has 1 saturated heterocycles. The number of benzene rings is 2. The fourth-order valence-electron chi connectivity index (χ4n) is 3.59. The number of halogens is 2. The van der Waals surface area contributed by atoms with Crippen LogP contribution in [0.3, 0.4) is 0 Å². The molecule has 154 valence electrons. The molecule has 1 fully saturated rings. The fourth-order valence-corrected chi connectivity index (χ4v) is 3.85. The Labute approximate surface area is 182 Å². The predicted molar refractivity (Wildman–Crippen MR) is 119 cm³/mol. The van der Waals surface area contributed by atoms with E-state index in [1.165, 1.54) is 5.56 Å². The van der Waals surface area contributed by atoms with Crippen molar-refractivity contribution >= 4 is 28.3 Å². The maximum absolute atomic E-state index is 10.5. The Kier molecular flexibility index (Phi) is 8.78. The van der Waals surface area contributed by atoms with Crippen LogP contribution in [0.5, 0.6) is 5.75 Å². The van der Waals surface area contributed by atoms with E-state index in [9.17, 15) is 5.11 Å².